The molecule has 0 aromatic heterocycles. The molecule has 0 bridgehead atoms. The van der Waals surface area contributed by atoms with Gasteiger partial charge in [0.2, 0.25) is 0 Å². The molecular weight excluding hydrogens is 284 g/mol. The van der Waals surface area contributed by atoms with Crippen LogP contribution in [0.25, 0.3) is 0 Å². The lowest BCUT2D eigenvalue weighted by molar-refractivity contribution is 1.38. The van der Waals surface area contributed by atoms with Crippen molar-refractivity contribution in [2.75, 3.05) is 0 Å². The van der Waals surface area contributed by atoms with Crippen molar-refractivity contribution in [1.82, 2.24) is 0 Å². The lowest BCUT2D eigenvalue weighted by Crippen LogP contribution is -1.82. The average molecular weight is 300 g/mol. The second-order valence-corrected chi connectivity index (χ2v) is 5.96. The molecule has 0 amide bonds. The highest BCUT2D eigenvalue weighted by molar-refractivity contribution is 7.98. The zero-order chi connectivity index (χ0) is 15.0. The summed E-state index contributed by atoms with van der Waals surface area (Å²) >= 11 is 1.85. The van der Waals surface area contributed by atoms with Crippen LogP contribution < -0.4 is 0 Å². The fraction of sp³-hybridized carbons (Fsp3) is 0.0476. The van der Waals surface area contributed by atoms with E-state index in [4.69, 9.17) is 0 Å². The predicted octanol–water partition coefficient (Wildman–Crippen LogP) is 5.38. The van der Waals surface area contributed by atoms with E-state index in [2.05, 4.69) is 60.4 Å². The molecule has 0 heterocycles. The maximum absolute atomic E-state index is 3.21. The molecule has 22 heavy (non-hydrogen) atoms. The third kappa shape index (κ3) is 4.28. The van der Waals surface area contributed by atoms with Crippen molar-refractivity contribution in [3.8, 4) is 11.8 Å². The molecule has 3 rings (SSSR count). The van der Waals surface area contributed by atoms with Gasteiger partial charge in [-0.3, -0.25) is 0 Å². The van der Waals surface area contributed by atoms with Crippen LogP contribution in [-0.2, 0) is 5.75 Å². The standard InChI is InChI=1S/C21H16S/c1-3-7-18(8-4-1)11-12-19-13-15-20(16-14-19)17-22-21-9-5-2-6-10-21/h1-10,13-16H,17H2. The number of thioether (sulfide) groups is 1. The van der Waals surface area contributed by atoms with E-state index < -0.39 is 0 Å². The number of hydrogen-bond acceptors (Lipinski definition) is 1. The zero-order valence-electron chi connectivity index (χ0n) is 12.2. The van der Waals surface area contributed by atoms with Crippen molar-refractivity contribution < 1.29 is 0 Å². The van der Waals surface area contributed by atoms with Gasteiger partial charge < -0.3 is 0 Å². The molecule has 0 nitrogen and oxygen atoms in total. The van der Waals surface area contributed by atoms with Gasteiger partial charge in [0.15, 0.2) is 0 Å². The first kappa shape index (κ1) is 14.5. The highest BCUT2D eigenvalue weighted by atomic mass is 32.2. The maximum atomic E-state index is 3.21. The molecule has 0 saturated carbocycles. The third-order valence-electron chi connectivity index (χ3n) is 3.23. The molecule has 3 aromatic rings. The van der Waals surface area contributed by atoms with Gasteiger partial charge in [0.25, 0.3) is 0 Å². The van der Waals surface area contributed by atoms with Crippen LogP contribution in [0.2, 0.25) is 0 Å². The highest BCUT2D eigenvalue weighted by Gasteiger charge is 1.96. The summed E-state index contributed by atoms with van der Waals surface area (Å²) in [5, 5.41) is 0. The van der Waals surface area contributed by atoms with Crippen molar-refractivity contribution in [2.24, 2.45) is 0 Å². The van der Waals surface area contributed by atoms with Gasteiger partial charge in [0.05, 0.1) is 0 Å². The fourth-order valence-electron chi connectivity index (χ4n) is 2.03. The fourth-order valence-corrected chi connectivity index (χ4v) is 2.91. The molecule has 0 aliphatic rings. The lowest BCUT2D eigenvalue weighted by Gasteiger charge is -2.02. The van der Waals surface area contributed by atoms with E-state index in [1.807, 2.05) is 48.2 Å². The van der Waals surface area contributed by atoms with Gasteiger partial charge in [-0.15, -0.1) is 11.8 Å². The molecule has 0 aliphatic heterocycles. The first-order valence-electron chi connectivity index (χ1n) is 7.24. The minimum Gasteiger partial charge on any atom is -0.121 e. The molecular formula is C21H16S. The van der Waals surface area contributed by atoms with E-state index in [0.29, 0.717) is 0 Å². The maximum Gasteiger partial charge on any atom is 0.0249 e. The van der Waals surface area contributed by atoms with Crippen LogP contribution in [0.3, 0.4) is 0 Å². The van der Waals surface area contributed by atoms with Gasteiger partial charge in [-0.1, -0.05) is 60.4 Å². The van der Waals surface area contributed by atoms with Gasteiger partial charge in [0, 0.05) is 21.8 Å². The summed E-state index contributed by atoms with van der Waals surface area (Å²) < 4.78 is 0. The van der Waals surface area contributed by atoms with Gasteiger partial charge in [-0.2, -0.15) is 0 Å². The zero-order valence-corrected chi connectivity index (χ0v) is 13.0. The van der Waals surface area contributed by atoms with Crippen LogP contribution in [0.5, 0.6) is 0 Å². The lowest BCUT2D eigenvalue weighted by atomic mass is 10.1. The number of benzene rings is 3. The molecule has 0 saturated heterocycles. The molecule has 0 aliphatic carbocycles. The van der Waals surface area contributed by atoms with Crippen molar-refractivity contribution in [3.05, 3.63) is 102 Å². The van der Waals surface area contributed by atoms with Crippen LogP contribution in [0.15, 0.2) is 89.8 Å². The average Bonchev–Trinajstić information content (AvgIpc) is 2.61. The van der Waals surface area contributed by atoms with Gasteiger partial charge in [-0.05, 0) is 42.0 Å². The summed E-state index contributed by atoms with van der Waals surface area (Å²) in [4.78, 5) is 1.30. The topological polar surface area (TPSA) is 0 Å². The smallest absolute Gasteiger partial charge is 0.0249 e. The Morgan fingerprint density at radius 1 is 0.591 bits per heavy atom. The largest absolute Gasteiger partial charge is 0.121 e. The minimum atomic E-state index is 0.983. The van der Waals surface area contributed by atoms with E-state index in [9.17, 15) is 0 Å². The summed E-state index contributed by atoms with van der Waals surface area (Å²) in [5.41, 5.74) is 3.42. The first-order chi connectivity index (χ1) is 10.9. The van der Waals surface area contributed by atoms with E-state index in [1.165, 1.54) is 10.5 Å². The Morgan fingerprint density at radius 3 is 1.77 bits per heavy atom. The summed E-state index contributed by atoms with van der Waals surface area (Å²) in [6.07, 6.45) is 0. The molecule has 3 aromatic carbocycles. The minimum absolute atomic E-state index is 0.983. The van der Waals surface area contributed by atoms with Crippen LogP contribution >= 0.6 is 11.8 Å². The summed E-state index contributed by atoms with van der Waals surface area (Å²) in [6, 6.07) is 29.1. The van der Waals surface area contributed by atoms with Gasteiger partial charge in [-0.25, -0.2) is 0 Å². The molecule has 1 heteroatoms. The normalized spacial score (nSPS) is 9.82. The van der Waals surface area contributed by atoms with Gasteiger partial charge in [0.1, 0.15) is 0 Å². The Morgan fingerprint density at radius 2 is 1.14 bits per heavy atom. The van der Waals surface area contributed by atoms with Gasteiger partial charge >= 0.3 is 0 Å². The molecule has 106 valence electrons. The Labute approximate surface area is 136 Å². The van der Waals surface area contributed by atoms with Crippen LogP contribution in [0.4, 0.5) is 0 Å². The Kier molecular flexibility index (Phi) is 4.97. The van der Waals surface area contributed by atoms with E-state index in [0.717, 1.165) is 16.9 Å². The molecule has 0 fully saturated rings. The monoisotopic (exact) mass is 300 g/mol. The van der Waals surface area contributed by atoms with Crippen molar-refractivity contribution in [2.45, 2.75) is 10.6 Å². The Bertz CT molecular complexity index is 763. The Balaban J connectivity index is 1.62. The second-order valence-electron chi connectivity index (χ2n) is 4.91. The van der Waals surface area contributed by atoms with Crippen LogP contribution in [0, 0.1) is 11.8 Å². The van der Waals surface area contributed by atoms with Crippen LogP contribution in [-0.4, -0.2) is 0 Å². The predicted molar refractivity (Wildman–Crippen MR) is 94.9 cm³/mol. The summed E-state index contributed by atoms with van der Waals surface area (Å²) in [7, 11) is 0. The van der Waals surface area contributed by atoms with Crippen molar-refractivity contribution in [3.63, 3.8) is 0 Å². The van der Waals surface area contributed by atoms with Crippen molar-refractivity contribution >= 4 is 11.8 Å². The van der Waals surface area contributed by atoms with Crippen LogP contribution in [0.1, 0.15) is 16.7 Å². The third-order valence-corrected chi connectivity index (χ3v) is 4.31. The SMILES string of the molecule is C(#Cc1ccc(CSc2ccccc2)cc1)c1ccccc1. The van der Waals surface area contributed by atoms with E-state index >= 15 is 0 Å². The van der Waals surface area contributed by atoms with E-state index in [-0.39, 0.29) is 0 Å². The van der Waals surface area contributed by atoms with E-state index in [1.54, 1.807) is 0 Å². The molecule has 0 N–H and O–H groups in total. The molecule has 0 unspecified atom stereocenters. The summed E-state index contributed by atoms with van der Waals surface area (Å²) in [5.74, 6) is 7.37. The molecule has 0 radical (unpaired) electrons. The quantitative estimate of drug-likeness (QED) is 0.462. The number of hydrogen-bond donors (Lipinski definition) is 0. The summed E-state index contributed by atoms with van der Waals surface area (Å²) in [6.45, 7) is 0. The number of rotatable bonds is 3. The molecule has 0 atom stereocenters. The Hall–Kier alpha value is -2.43. The highest BCUT2D eigenvalue weighted by Crippen LogP contribution is 2.22. The second kappa shape index (κ2) is 7.54. The van der Waals surface area contributed by atoms with Crippen molar-refractivity contribution in [1.29, 1.82) is 0 Å². The first-order valence-corrected chi connectivity index (χ1v) is 8.22. The molecule has 0 spiro atoms.